The van der Waals surface area contributed by atoms with Gasteiger partial charge in [-0.25, -0.2) is 4.79 Å². The highest BCUT2D eigenvalue weighted by atomic mass is 79.9. The van der Waals surface area contributed by atoms with E-state index < -0.39 is 11.9 Å². The normalized spacial score (nSPS) is 10.9. The van der Waals surface area contributed by atoms with Gasteiger partial charge < -0.3 is 14.8 Å². The van der Waals surface area contributed by atoms with Crippen LogP contribution in [0.1, 0.15) is 22.8 Å². The highest BCUT2D eigenvalue weighted by Crippen LogP contribution is 2.36. The number of amides is 1. The lowest BCUT2D eigenvalue weighted by Gasteiger charge is -2.09. The number of rotatable bonds is 7. The van der Waals surface area contributed by atoms with E-state index in [1.54, 1.807) is 37.6 Å². The van der Waals surface area contributed by atoms with Crippen LogP contribution in [-0.2, 0) is 9.53 Å². The number of esters is 1. The minimum absolute atomic E-state index is 0.105. The van der Waals surface area contributed by atoms with Gasteiger partial charge in [-0.15, -0.1) is 11.3 Å². The van der Waals surface area contributed by atoms with E-state index in [0.717, 1.165) is 5.56 Å². The van der Waals surface area contributed by atoms with E-state index >= 15 is 0 Å². The minimum atomic E-state index is -0.619. The predicted octanol–water partition coefficient (Wildman–Crippen LogP) is 5.91. The Kier molecular flexibility index (Phi) is 7.82. The fourth-order valence-electron chi connectivity index (χ4n) is 2.94. The number of ether oxygens (including phenoxy) is 2. The largest absolute Gasteiger partial charge is 0.496 e. The Balaban J connectivity index is 1.94. The summed E-state index contributed by atoms with van der Waals surface area (Å²) in [6, 6.07) is 16.5. The van der Waals surface area contributed by atoms with Crippen LogP contribution < -0.4 is 10.1 Å². The monoisotopic (exact) mass is 510 g/mol. The zero-order chi connectivity index (χ0) is 23.1. The summed E-state index contributed by atoms with van der Waals surface area (Å²) in [6.07, 6.45) is 1.47. The fourth-order valence-corrected chi connectivity index (χ4v) is 4.45. The molecule has 1 aromatic heterocycles. The first-order valence-corrected chi connectivity index (χ1v) is 11.3. The van der Waals surface area contributed by atoms with Gasteiger partial charge in [-0.05, 0) is 52.2 Å². The Hall–Kier alpha value is -3.41. The topological polar surface area (TPSA) is 88.4 Å². The van der Waals surface area contributed by atoms with Gasteiger partial charge in [-0.3, -0.25) is 4.79 Å². The highest BCUT2D eigenvalue weighted by molar-refractivity contribution is 9.10. The molecule has 0 radical (unpaired) electrons. The number of halogens is 1. The van der Waals surface area contributed by atoms with E-state index in [2.05, 4.69) is 21.2 Å². The van der Waals surface area contributed by atoms with E-state index in [1.807, 2.05) is 36.4 Å². The average molecular weight is 511 g/mol. The third-order valence-corrected chi connectivity index (χ3v) is 5.95. The molecule has 3 rings (SSSR count). The van der Waals surface area contributed by atoms with E-state index in [9.17, 15) is 14.9 Å². The van der Waals surface area contributed by atoms with Gasteiger partial charge in [0.05, 0.1) is 18.2 Å². The van der Waals surface area contributed by atoms with E-state index in [4.69, 9.17) is 9.47 Å². The summed E-state index contributed by atoms with van der Waals surface area (Å²) < 4.78 is 11.1. The summed E-state index contributed by atoms with van der Waals surface area (Å²) in [5.74, 6) is -0.521. The van der Waals surface area contributed by atoms with Crippen LogP contribution in [-0.4, -0.2) is 25.6 Å². The highest BCUT2D eigenvalue weighted by Gasteiger charge is 2.23. The van der Waals surface area contributed by atoms with Crippen molar-refractivity contribution in [3.63, 3.8) is 0 Å². The summed E-state index contributed by atoms with van der Waals surface area (Å²) in [4.78, 5) is 25.5. The van der Waals surface area contributed by atoms with Gasteiger partial charge in [0, 0.05) is 10.9 Å². The van der Waals surface area contributed by atoms with Crippen molar-refractivity contribution < 1.29 is 19.1 Å². The number of anilines is 1. The van der Waals surface area contributed by atoms with Gasteiger partial charge in [0.1, 0.15) is 28.0 Å². The SMILES string of the molecule is CCOC(=O)c1c(-c2ccccc2)csc1NC(=O)/C(C#N)=C\c1ccc(OC)c(Br)c1. The van der Waals surface area contributed by atoms with Crippen LogP contribution in [0.15, 0.2) is 64.0 Å². The van der Waals surface area contributed by atoms with Gasteiger partial charge >= 0.3 is 5.97 Å². The summed E-state index contributed by atoms with van der Waals surface area (Å²) in [5.41, 5.74) is 2.29. The maximum Gasteiger partial charge on any atom is 0.341 e. The van der Waals surface area contributed by atoms with Crippen LogP contribution in [0.25, 0.3) is 17.2 Å². The zero-order valence-corrected chi connectivity index (χ0v) is 19.7. The summed E-state index contributed by atoms with van der Waals surface area (Å²) >= 11 is 4.59. The molecule has 0 fully saturated rings. The lowest BCUT2D eigenvalue weighted by atomic mass is 10.0. The molecule has 0 spiro atoms. The van der Waals surface area contributed by atoms with Crippen LogP contribution in [0, 0.1) is 11.3 Å². The van der Waals surface area contributed by atoms with Crippen molar-refractivity contribution in [1.29, 1.82) is 5.26 Å². The quantitative estimate of drug-likeness (QED) is 0.242. The number of hydrogen-bond acceptors (Lipinski definition) is 6. The fraction of sp³-hybridized carbons (Fsp3) is 0.125. The first kappa shape index (κ1) is 23.3. The minimum Gasteiger partial charge on any atom is -0.496 e. The summed E-state index contributed by atoms with van der Waals surface area (Å²) in [5, 5.41) is 14.4. The predicted molar refractivity (Wildman–Crippen MR) is 129 cm³/mol. The van der Waals surface area contributed by atoms with Crippen LogP contribution in [0.4, 0.5) is 5.00 Å². The molecule has 1 amide bonds. The van der Waals surface area contributed by atoms with Gasteiger partial charge in [0.15, 0.2) is 0 Å². The standard InChI is InChI=1S/C24H19BrN2O4S/c1-3-31-24(29)21-18(16-7-5-4-6-8-16)14-32-23(21)27-22(28)17(13-26)11-15-9-10-20(30-2)19(25)12-15/h4-12,14H,3H2,1-2H3,(H,27,28)/b17-11-. The molecular formula is C24H19BrN2O4S. The zero-order valence-electron chi connectivity index (χ0n) is 17.3. The maximum absolute atomic E-state index is 12.9. The second kappa shape index (κ2) is 10.8. The molecule has 162 valence electrons. The van der Waals surface area contributed by atoms with Crippen molar-refractivity contribution in [1.82, 2.24) is 0 Å². The van der Waals surface area contributed by atoms with Crippen molar-refractivity contribution in [3.05, 3.63) is 75.1 Å². The summed E-state index contributed by atoms with van der Waals surface area (Å²) in [7, 11) is 1.55. The first-order chi connectivity index (χ1) is 15.5. The molecule has 0 aliphatic carbocycles. The number of methoxy groups -OCH3 is 1. The van der Waals surface area contributed by atoms with Gasteiger partial charge in [-0.1, -0.05) is 36.4 Å². The Morgan fingerprint density at radius 3 is 2.59 bits per heavy atom. The third kappa shape index (κ3) is 5.25. The van der Waals surface area contributed by atoms with Gasteiger partial charge in [0.25, 0.3) is 5.91 Å². The molecule has 0 unspecified atom stereocenters. The second-order valence-corrected chi connectivity index (χ2v) is 8.19. The van der Waals surface area contributed by atoms with E-state index in [-0.39, 0.29) is 17.7 Å². The third-order valence-electron chi connectivity index (χ3n) is 4.43. The molecule has 0 bridgehead atoms. The molecule has 0 aliphatic rings. The van der Waals surface area contributed by atoms with Crippen molar-refractivity contribution in [2.24, 2.45) is 0 Å². The van der Waals surface area contributed by atoms with Crippen molar-refractivity contribution >= 4 is 50.2 Å². The lowest BCUT2D eigenvalue weighted by molar-refractivity contribution is -0.112. The molecule has 1 N–H and O–H groups in total. The molecule has 0 saturated heterocycles. The number of nitriles is 1. The molecule has 1 heterocycles. The second-order valence-electron chi connectivity index (χ2n) is 6.46. The van der Waals surface area contributed by atoms with Gasteiger partial charge in [0.2, 0.25) is 0 Å². The number of hydrogen-bond donors (Lipinski definition) is 1. The van der Waals surface area contributed by atoms with E-state index in [0.29, 0.717) is 26.4 Å². The number of nitrogens with zero attached hydrogens (tertiary/aromatic N) is 1. The van der Waals surface area contributed by atoms with Crippen LogP contribution in [0.5, 0.6) is 5.75 Å². The first-order valence-electron chi connectivity index (χ1n) is 9.59. The lowest BCUT2D eigenvalue weighted by Crippen LogP contribution is -2.16. The molecule has 0 atom stereocenters. The maximum atomic E-state index is 12.9. The number of benzene rings is 2. The van der Waals surface area contributed by atoms with Crippen LogP contribution >= 0.6 is 27.3 Å². The van der Waals surface area contributed by atoms with Crippen molar-refractivity contribution in [3.8, 4) is 22.9 Å². The Morgan fingerprint density at radius 1 is 1.22 bits per heavy atom. The number of thiophene rings is 1. The number of carbonyl (C=O) groups excluding carboxylic acids is 2. The van der Waals surface area contributed by atoms with Crippen molar-refractivity contribution in [2.75, 3.05) is 19.0 Å². The molecule has 6 nitrogen and oxygen atoms in total. The smallest absolute Gasteiger partial charge is 0.341 e. The molecular weight excluding hydrogens is 492 g/mol. The average Bonchev–Trinajstić information content (AvgIpc) is 3.21. The van der Waals surface area contributed by atoms with Crippen LogP contribution in [0.3, 0.4) is 0 Å². The Bertz CT molecular complexity index is 1210. The molecule has 32 heavy (non-hydrogen) atoms. The Labute approximate surface area is 198 Å². The number of nitrogens with one attached hydrogen (secondary N) is 1. The van der Waals surface area contributed by atoms with E-state index in [1.165, 1.54) is 17.4 Å². The summed E-state index contributed by atoms with van der Waals surface area (Å²) in [6.45, 7) is 1.92. The van der Waals surface area contributed by atoms with Gasteiger partial charge in [-0.2, -0.15) is 5.26 Å². The molecule has 0 saturated carbocycles. The van der Waals surface area contributed by atoms with Crippen molar-refractivity contribution in [2.45, 2.75) is 6.92 Å². The molecule has 8 heteroatoms. The van der Waals surface area contributed by atoms with Crippen LogP contribution in [0.2, 0.25) is 0 Å². The Morgan fingerprint density at radius 2 is 1.97 bits per heavy atom. The molecule has 3 aromatic rings. The molecule has 0 aliphatic heterocycles. The number of carbonyl (C=O) groups is 2. The molecule has 2 aromatic carbocycles.